The van der Waals surface area contributed by atoms with Crippen molar-refractivity contribution in [1.29, 1.82) is 0 Å². The highest BCUT2D eigenvalue weighted by molar-refractivity contribution is 5.92. The second kappa shape index (κ2) is 9.69. The number of rotatable bonds is 9. The number of aliphatic hydroxyl groups excluding tert-OH is 1. The van der Waals surface area contributed by atoms with E-state index >= 15 is 0 Å². The Morgan fingerprint density at radius 2 is 1.92 bits per heavy atom. The van der Waals surface area contributed by atoms with E-state index in [1.165, 1.54) is 4.90 Å². The van der Waals surface area contributed by atoms with Crippen LogP contribution in [-0.2, 0) is 14.4 Å². The van der Waals surface area contributed by atoms with Crippen LogP contribution in [0.15, 0.2) is 0 Å². The molecular weight excluding hydrogens is 328 g/mol. The highest BCUT2D eigenvalue weighted by Gasteiger charge is 2.41. The van der Waals surface area contributed by atoms with E-state index < -0.39 is 42.0 Å². The van der Waals surface area contributed by atoms with E-state index in [4.69, 9.17) is 11.5 Å². The Balaban J connectivity index is 2.77. The van der Waals surface area contributed by atoms with E-state index in [1.54, 1.807) is 13.8 Å². The minimum atomic E-state index is -1.14. The van der Waals surface area contributed by atoms with E-state index in [1.807, 2.05) is 0 Å². The summed E-state index contributed by atoms with van der Waals surface area (Å²) in [5.74, 6) is -2.45. The van der Waals surface area contributed by atoms with Crippen LogP contribution >= 0.6 is 0 Å². The molecule has 25 heavy (non-hydrogen) atoms. The Kier molecular flexibility index (Phi) is 8.27. The van der Waals surface area contributed by atoms with Crippen LogP contribution in [0.1, 0.15) is 39.5 Å². The molecule has 144 valence electrons. The average molecular weight is 358 g/mol. The molecule has 0 spiro atoms. The molecule has 4 atom stereocenters. The van der Waals surface area contributed by atoms with E-state index in [0.717, 1.165) is 6.42 Å². The van der Waals surface area contributed by atoms with E-state index in [9.17, 15) is 24.6 Å². The number of carboxylic acids is 1. The third-order valence-corrected chi connectivity index (χ3v) is 4.38. The first-order chi connectivity index (χ1) is 11.7. The number of nitrogens with two attached hydrogens (primary N) is 2. The maximum absolute atomic E-state index is 12.5. The van der Waals surface area contributed by atoms with Gasteiger partial charge in [0.25, 0.3) is 0 Å². The first-order valence-corrected chi connectivity index (χ1v) is 8.66. The lowest BCUT2D eigenvalue weighted by Gasteiger charge is -2.28. The van der Waals surface area contributed by atoms with Crippen molar-refractivity contribution in [3.05, 3.63) is 0 Å². The van der Waals surface area contributed by atoms with Crippen molar-refractivity contribution in [1.82, 2.24) is 10.2 Å². The van der Waals surface area contributed by atoms with Crippen LogP contribution in [0, 0.1) is 5.92 Å². The fraction of sp³-hybridized carbons (Fsp3) is 0.812. The van der Waals surface area contributed by atoms with Crippen molar-refractivity contribution in [3.8, 4) is 0 Å². The van der Waals surface area contributed by atoms with Gasteiger partial charge in [0.2, 0.25) is 11.8 Å². The molecule has 1 fully saturated rings. The number of β-amino-alcohol motifs (C(OH)–C–C–N with tert-alkyl or cyclic N) is 1. The van der Waals surface area contributed by atoms with Crippen LogP contribution in [0.5, 0.6) is 0 Å². The number of carbonyl (C=O) groups excluding carboxylic acids is 2. The minimum Gasteiger partial charge on any atom is -0.480 e. The van der Waals surface area contributed by atoms with Gasteiger partial charge in [-0.15, -0.1) is 0 Å². The summed E-state index contributed by atoms with van der Waals surface area (Å²) in [4.78, 5) is 37.5. The second-order valence-electron chi connectivity index (χ2n) is 6.86. The van der Waals surface area contributed by atoms with Gasteiger partial charge < -0.3 is 31.9 Å². The molecule has 7 N–H and O–H groups in total. The van der Waals surface area contributed by atoms with Crippen LogP contribution in [-0.4, -0.2) is 70.2 Å². The molecule has 1 heterocycles. The van der Waals surface area contributed by atoms with Gasteiger partial charge in [-0.05, 0) is 25.3 Å². The minimum absolute atomic E-state index is 0.0148. The number of hydrogen-bond acceptors (Lipinski definition) is 6. The van der Waals surface area contributed by atoms with Gasteiger partial charge >= 0.3 is 5.97 Å². The molecule has 0 aromatic heterocycles. The van der Waals surface area contributed by atoms with Gasteiger partial charge in [0, 0.05) is 13.0 Å². The summed E-state index contributed by atoms with van der Waals surface area (Å²) in [6.45, 7) is 3.89. The zero-order chi connectivity index (χ0) is 19.1. The molecular formula is C16H30N4O5. The first-order valence-electron chi connectivity index (χ1n) is 8.66. The molecule has 2 amide bonds. The number of aliphatic carboxylic acids is 1. The van der Waals surface area contributed by atoms with Crippen molar-refractivity contribution in [2.45, 2.75) is 63.8 Å². The number of amides is 2. The van der Waals surface area contributed by atoms with Crippen LogP contribution in [0.3, 0.4) is 0 Å². The topological polar surface area (TPSA) is 159 Å². The smallest absolute Gasteiger partial charge is 0.326 e. The quantitative estimate of drug-likeness (QED) is 0.318. The summed E-state index contributed by atoms with van der Waals surface area (Å²) < 4.78 is 0. The summed E-state index contributed by atoms with van der Waals surface area (Å²) in [5.41, 5.74) is 11.3. The number of likely N-dealkylation sites (tertiary alicyclic amines) is 1. The Morgan fingerprint density at radius 3 is 2.44 bits per heavy atom. The van der Waals surface area contributed by atoms with Gasteiger partial charge in [-0.1, -0.05) is 20.3 Å². The van der Waals surface area contributed by atoms with Gasteiger partial charge in [-0.2, -0.15) is 0 Å². The van der Waals surface area contributed by atoms with Crippen LogP contribution < -0.4 is 16.8 Å². The molecule has 9 nitrogen and oxygen atoms in total. The predicted octanol–water partition coefficient (Wildman–Crippen LogP) is -1.37. The summed E-state index contributed by atoms with van der Waals surface area (Å²) in [6, 6.07) is -2.74. The zero-order valence-corrected chi connectivity index (χ0v) is 14.9. The highest BCUT2D eigenvalue weighted by Crippen LogP contribution is 2.20. The second-order valence-corrected chi connectivity index (χ2v) is 6.86. The lowest BCUT2D eigenvalue weighted by molar-refractivity contribution is -0.145. The number of nitrogens with one attached hydrogen (secondary N) is 1. The Bertz CT molecular complexity index is 485. The first kappa shape index (κ1) is 21.3. The molecule has 1 aliphatic heterocycles. The third kappa shape index (κ3) is 5.94. The monoisotopic (exact) mass is 358 g/mol. The van der Waals surface area contributed by atoms with Gasteiger partial charge in [0.15, 0.2) is 0 Å². The van der Waals surface area contributed by atoms with E-state index in [-0.39, 0.29) is 18.9 Å². The summed E-state index contributed by atoms with van der Waals surface area (Å²) in [7, 11) is 0. The fourth-order valence-corrected chi connectivity index (χ4v) is 2.91. The van der Waals surface area contributed by atoms with Gasteiger partial charge in [-0.3, -0.25) is 9.59 Å². The molecule has 9 heteroatoms. The standard InChI is InChI=1S/C16H30N4O5/c1-9(2)13(16(24)25)19-14(22)12-7-10(21)8-20(12)15(23)11(18)5-3-4-6-17/h9-13,21H,3-8,17-18H2,1-2H3,(H,19,22)(H,24,25)/t10-,11+,12+,13+/m1/s1. The number of carboxylic acid groups (broad SMARTS) is 1. The number of unbranched alkanes of at least 4 members (excludes halogenated alkanes) is 1. The Morgan fingerprint density at radius 1 is 1.28 bits per heavy atom. The van der Waals surface area contributed by atoms with Crippen LogP contribution in [0.2, 0.25) is 0 Å². The summed E-state index contributed by atoms with van der Waals surface area (Å²) in [6.07, 6.45) is 1.13. The maximum atomic E-state index is 12.5. The fourth-order valence-electron chi connectivity index (χ4n) is 2.91. The lowest BCUT2D eigenvalue weighted by Crippen LogP contribution is -2.54. The molecule has 0 aromatic rings. The number of carbonyl (C=O) groups is 3. The molecule has 0 bridgehead atoms. The zero-order valence-electron chi connectivity index (χ0n) is 14.9. The molecule has 0 unspecified atom stereocenters. The van der Waals surface area contributed by atoms with Gasteiger partial charge in [-0.25, -0.2) is 4.79 Å². The third-order valence-electron chi connectivity index (χ3n) is 4.38. The summed E-state index contributed by atoms with van der Waals surface area (Å²) in [5, 5.41) is 21.5. The van der Waals surface area contributed by atoms with Crippen LogP contribution in [0.4, 0.5) is 0 Å². The van der Waals surface area contributed by atoms with E-state index in [0.29, 0.717) is 19.4 Å². The van der Waals surface area contributed by atoms with Crippen molar-refractivity contribution >= 4 is 17.8 Å². The van der Waals surface area contributed by atoms with Gasteiger partial charge in [0.1, 0.15) is 12.1 Å². The molecule has 1 rings (SSSR count). The Labute approximate surface area is 147 Å². The lowest BCUT2D eigenvalue weighted by atomic mass is 10.0. The Hall–Kier alpha value is -1.71. The van der Waals surface area contributed by atoms with Gasteiger partial charge in [0.05, 0.1) is 12.1 Å². The largest absolute Gasteiger partial charge is 0.480 e. The summed E-state index contributed by atoms with van der Waals surface area (Å²) >= 11 is 0. The number of aliphatic hydroxyl groups is 1. The van der Waals surface area contributed by atoms with Crippen molar-refractivity contribution in [2.24, 2.45) is 17.4 Å². The van der Waals surface area contributed by atoms with Crippen molar-refractivity contribution < 1.29 is 24.6 Å². The van der Waals surface area contributed by atoms with Crippen molar-refractivity contribution in [2.75, 3.05) is 13.1 Å². The molecule has 1 aliphatic rings. The molecule has 0 aliphatic carbocycles. The van der Waals surface area contributed by atoms with E-state index in [2.05, 4.69) is 5.32 Å². The van der Waals surface area contributed by atoms with Crippen molar-refractivity contribution in [3.63, 3.8) is 0 Å². The molecule has 0 radical (unpaired) electrons. The maximum Gasteiger partial charge on any atom is 0.326 e. The SMILES string of the molecule is CC(C)[C@H](NC(=O)[C@@H]1C[C@@H](O)CN1C(=O)[C@@H](N)CCCCN)C(=O)O. The highest BCUT2D eigenvalue weighted by atomic mass is 16.4. The molecule has 0 aromatic carbocycles. The average Bonchev–Trinajstić information content (AvgIpc) is 2.93. The molecule has 0 saturated carbocycles. The molecule has 1 saturated heterocycles. The number of nitrogens with zero attached hydrogens (tertiary/aromatic N) is 1. The van der Waals surface area contributed by atoms with Crippen LogP contribution in [0.25, 0.3) is 0 Å². The number of hydrogen-bond donors (Lipinski definition) is 5. The predicted molar refractivity (Wildman–Crippen MR) is 91.4 cm³/mol. The normalized spacial score (nSPS) is 22.7.